The van der Waals surface area contributed by atoms with Crippen molar-refractivity contribution in [2.24, 2.45) is 0 Å². The lowest BCUT2D eigenvalue weighted by Gasteiger charge is -2.24. The summed E-state index contributed by atoms with van der Waals surface area (Å²) >= 11 is 0. The van der Waals surface area contributed by atoms with E-state index >= 15 is 0 Å². The second-order valence-electron chi connectivity index (χ2n) is 10.2. The molecule has 6 nitrogen and oxygen atoms in total. The van der Waals surface area contributed by atoms with Gasteiger partial charge in [-0.1, -0.05) is 48.5 Å². The molecule has 1 unspecified atom stereocenters. The largest absolute Gasteiger partial charge is 0.496 e. The smallest absolute Gasteiger partial charge is 0.416 e. The fourth-order valence-corrected chi connectivity index (χ4v) is 5.29. The lowest BCUT2D eigenvalue weighted by Crippen LogP contribution is -2.34. The Morgan fingerprint density at radius 3 is 2.38 bits per heavy atom. The second-order valence-corrected chi connectivity index (χ2v) is 10.2. The van der Waals surface area contributed by atoms with Crippen molar-refractivity contribution in [2.45, 2.75) is 32.1 Å². The lowest BCUT2D eigenvalue weighted by molar-refractivity contribution is -0.137. The van der Waals surface area contributed by atoms with E-state index in [2.05, 4.69) is 0 Å². The van der Waals surface area contributed by atoms with Gasteiger partial charge in [-0.05, 0) is 83.1 Å². The van der Waals surface area contributed by atoms with Gasteiger partial charge in [0.2, 0.25) is 0 Å². The van der Waals surface area contributed by atoms with Crippen molar-refractivity contribution >= 4 is 12.1 Å². The molecule has 1 aliphatic rings. The molecule has 5 rings (SSSR count). The molecule has 9 heteroatoms. The molecule has 1 heterocycles. The van der Waals surface area contributed by atoms with Gasteiger partial charge in [-0.2, -0.15) is 13.2 Å². The first-order valence-corrected chi connectivity index (χ1v) is 13.3. The molecular weight excluding hydrogens is 547 g/mol. The summed E-state index contributed by atoms with van der Waals surface area (Å²) in [6.45, 7) is 1.82. The van der Waals surface area contributed by atoms with Crippen molar-refractivity contribution in [3.63, 3.8) is 0 Å². The van der Waals surface area contributed by atoms with Crippen LogP contribution in [0.25, 0.3) is 22.3 Å². The first-order chi connectivity index (χ1) is 20.0. The summed E-state index contributed by atoms with van der Waals surface area (Å²) in [5, 5.41) is 9.35. The molecule has 0 aliphatic carbocycles. The number of cyclic esters (lactones) is 1. The number of rotatable bonds is 8. The number of aromatic carboxylic acids is 1. The Kier molecular flexibility index (Phi) is 7.93. The first kappa shape index (κ1) is 28.7. The van der Waals surface area contributed by atoms with E-state index in [0.29, 0.717) is 23.3 Å². The monoisotopic (exact) mass is 575 g/mol. The van der Waals surface area contributed by atoms with Gasteiger partial charge in [0.1, 0.15) is 12.4 Å². The highest BCUT2D eigenvalue weighted by molar-refractivity contribution is 5.89. The van der Waals surface area contributed by atoms with Crippen LogP contribution in [-0.2, 0) is 23.9 Å². The minimum Gasteiger partial charge on any atom is -0.496 e. The van der Waals surface area contributed by atoms with Gasteiger partial charge >= 0.3 is 18.2 Å². The number of hydrogen-bond donors (Lipinski definition) is 1. The summed E-state index contributed by atoms with van der Waals surface area (Å²) in [5.41, 5.74) is 3.82. The second kappa shape index (κ2) is 11.6. The number of methoxy groups -OCH3 is 1. The van der Waals surface area contributed by atoms with E-state index in [-0.39, 0.29) is 30.3 Å². The third-order valence-electron chi connectivity index (χ3n) is 7.44. The van der Waals surface area contributed by atoms with Crippen LogP contribution in [0.15, 0.2) is 84.9 Å². The number of carbonyl (C=O) groups is 2. The number of hydrogen-bond acceptors (Lipinski definition) is 4. The highest BCUT2D eigenvalue weighted by Crippen LogP contribution is 2.40. The topological polar surface area (TPSA) is 76.1 Å². The fraction of sp³-hybridized carbons (Fsp3) is 0.212. The molecule has 0 saturated carbocycles. The zero-order valence-corrected chi connectivity index (χ0v) is 22.9. The number of amides is 1. The van der Waals surface area contributed by atoms with E-state index in [0.717, 1.165) is 34.4 Å². The van der Waals surface area contributed by atoms with Gasteiger partial charge in [0.15, 0.2) is 0 Å². The molecule has 42 heavy (non-hydrogen) atoms. The van der Waals surface area contributed by atoms with E-state index in [9.17, 15) is 27.9 Å². The minimum atomic E-state index is -4.59. The van der Waals surface area contributed by atoms with Gasteiger partial charge in [-0.3, -0.25) is 4.90 Å². The molecular formula is C33H28F3NO5. The van der Waals surface area contributed by atoms with E-state index in [1.54, 1.807) is 31.2 Å². The van der Waals surface area contributed by atoms with Crippen molar-refractivity contribution in [2.75, 3.05) is 13.7 Å². The molecule has 1 atom stereocenters. The van der Waals surface area contributed by atoms with Gasteiger partial charge in [0.05, 0.1) is 30.8 Å². The number of ether oxygens (including phenoxy) is 2. The van der Waals surface area contributed by atoms with Crippen LogP contribution in [0.5, 0.6) is 5.75 Å². The molecule has 0 bridgehead atoms. The Morgan fingerprint density at radius 2 is 1.71 bits per heavy atom. The van der Waals surface area contributed by atoms with Crippen LogP contribution in [-0.4, -0.2) is 41.8 Å². The molecule has 1 aliphatic heterocycles. The molecule has 216 valence electrons. The molecule has 1 saturated heterocycles. The van der Waals surface area contributed by atoms with Gasteiger partial charge in [-0.15, -0.1) is 0 Å². The molecule has 0 spiro atoms. The van der Waals surface area contributed by atoms with Gasteiger partial charge < -0.3 is 14.6 Å². The molecule has 0 aromatic heterocycles. The van der Waals surface area contributed by atoms with Crippen molar-refractivity contribution in [3.05, 3.63) is 113 Å². The Bertz CT molecular complexity index is 1630. The SMILES string of the molecule is COc1ccc(-c2ccc(C(=O)O)cc2C)cc1-c1ccc(C(F)(F)F)cc1CN1C(=O)OCC1Cc1ccccc1. The van der Waals surface area contributed by atoms with E-state index in [1.807, 2.05) is 36.4 Å². The number of nitrogens with zero attached hydrogens (tertiary/aromatic N) is 1. The number of alkyl halides is 3. The van der Waals surface area contributed by atoms with Crippen molar-refractivity contribution in [1.82, 2.24) is 4.90 Å². The molecule has 4 aromatic rings. The summed E-state index contributed by atoms with van der Waals surface area (Å²) in [4.78, 5) is 25.7. The average Bonchev–Trinajstić information content (AvgIpc) is 3.30. The Labute approximate surface area is 240 Å². The molecule has 1 fully saturated rings. The summed E-state index contributed by atoms with van der Waals surface area (Å²) in [6, 6.07) is 22.7. The van der Waals surface area contributed by atoms with E-state index in [1.165, 1.54) is 24.1 Å². The fourth-order valence-electron chi connectivity index (χ4n) is 5.29. The van der Waals surface area contributed by atoms with Crippen LogP contribution in [0, 0.1) is 6.92 Å². The van der Waals surface area contributed by atoms with Gasteiger partial charge in [0, 0.05) is 5.56 Å². The van der Waals surface area contributed by atoms with Gasteiger partial charge in [-0.25, -0.2) is 9.59 Å². The van der Waals surface area contributed by atoms with Crippen molar-refractivity contribution in [1.29, 1.82) is 0 Å². The maximum absolute atomic E-state index is 13.8. The quantitative estimate of drug-likeness (QED) is 0.234. The standard InChI is InChI=1S/C33H28F3NO5/c1-20-14-23(31(38)39)8-11-27(20)22-9-13-30(41-2)29(17-22)28-12-10-25(33(34,35)36)16-24(28)18-37-26(19-42-32(37)40)15-21-6-4-3-5-7-21/h3-14,16-17,26H,15,18-19H2,1-2H3,(H,38,39). The van der Waals surface area contributed by atoms with Crippen LogP contribution in [0.4, 0.5) is 18.0 Å². The van der Waals surface area contributed by atoms with Crippen molar-refractivity contribution in [3.8, 4) is 28.0 Å². The predicted molar refractivity (Wildman–Crippen MR) is 151 cm³/mol. The van der Waals surface area contributed by atoms with Gasteiger partial charge in [0.25, 0.3) is 0 Å². The molecule has 1 amide bonds. The highest BCUT2D eigenvalue weighted by Gasteiger charge is 2.35. The predicted octanol–water partition coefficient (Wildman–Crippen LogP) is 7.62. The summed E-state index contributed by atoms with van der Waals surface area (Å²) in [6.07, 6.45) is -4.68. The Hall–Kier alpha value is -4.79. The molecule has 0 radical (unpaired) electrons. The number of benzene rings is 4. The number of carbonyl (C=O) groups excluding carboxylic acids is 1. The zero-order chi connectivity index (χ0) is 30.0. The lowest BCUT2D eigenvalue weighted by atomic mass is 9.91. The molecule has 1 N–H and O–H groups in total. The van der Waals surface area contributed by atoms with Crippen molar-refractivity contribution < 1.29 is 37.3 Å². The summed E-state index contributed by atoms with van der Waals surface area (Å²) in [7, 11) is 1.48. The van der Waals surface area contributed by atoms with Crippen LogP contribution >= 0.6 is 0 Å². The number of carboxylic acids is 1. The van der Waals surface area contributed by atoms with Crippen LogP contribution in [0.1, 0.15) is 32.6 Å². The summed E-state index contributed by atoms with van der Waals surface area (Å²) < 4.78 is 52.5. The number of halogens is 3. The van der Waals surface area contributed by atoms with E-state index in [4.69, 9.17) is 9.47 Å². The average molecular weight is 576 g/mol. The van der Waals surface area contributed by atoms with Crippen LogP contribution < -0.4 is 4.74 Å². The zero-order valence-electron chi connectivity index (χ0n) is 22.9. The number of aryl methyl sites for hydroxylation is 1. The first-order valence-electron chi connectivity index (χ1n) is 13.3. The normalized spacial score (nSPS) is 15.0. The summed E-state index contributed by atoms with van der Waals surface area (Å²) in [5.74, 6) is -0.607. The maximum atomic E-state index is 13.8. The highest BCUT2D eigenvalue weighted by atomic mass is 19.4. The number of carboxylic acid groups (broad SMARTS) is 1. The minimum absolute atomic E-state index is 0.102. The third-order valence-corrected chi connectivity index (χ3v) is 7.44. The maximum Gasteiger partial charge on any atom is 0.416 e. The third kappa shape index (κ3) is 5.95. The molecule has 4 aromatic carbocycles. The Balaban J connectivity index is 1.59. The Morgan fingerprint density at radius 1 is 0.976 bits per heavy atom. The van der Waals surface area contributed by atoms with Crippen LogP contribution in [0.2, 0.25) is 0 Å². The van der Waals surface area contributed by atoms with E-state index < -0.39 is 23.8 Å². The van der Waals surface area contributed by atoms with Crippen LogP contribution in [0.3, 0.4) is 0 Å².